The lowest BCUT2D eigenvalue weighted by atomic mass is 9.93. The molecule has 1 unspecified atom stereocenters. The number of alkyl halides is 2. The van der Waals surface area contributed by atoms with Crippen molar-refractivity contribution in [2.75, 3.05) is 0 Å². The number of halogens is 2. The van der Waals surface area contributed by atoms with Gasteiger partial charge in [0.2, 0.25) is 0 Å². The summed E-state index contributed by atoms with van der Waals surface area (Å²) in [5, 5.41) is 2.77. The van der Waals surface area contributed by atoms with Gasteiger partial charge in [-0.2, -0.15) is 8.78 Å². The molecule has 27 heavy (non-hydrogen) atoms. The molecule has 3 amide bonds. The molecule has 0 bridgehead atoms. The fourth-order valence-electron chi connectivity index (χ4n) is 3.06. The molecule has 0 aromatic heterocycles. The first-order chi connectivity index (χ1) is 12.9. The monoisotopic (exact) mass is 374 g/mol. The number of imide groups is 1. The fraction of sp³-hybridized carbons (Fsp3) is 0.300. The molecule has 1 heterocycles. The summed E-state index contributed by atoms with van der Waals surface area (Å²) in [5.74, 6) is -0.187. The lowest BCUT2D eigenvalue weighted by Gasteiger charge is -2.21. The molecule has 0 saturated carbocycles. The molecule has 1 aliphatic heterocycles. The number of ether oxygens (including phenoxy) is 1. The van der Waals surface area contributed by atoms with E-state index in [4.69, 9.17) is 0 Å². The Hall–Kier alpha value is -2.96. The number of aryl methyl sites for hydroxylation is 1. The molecule has 1 atom stereocenters. The minimum atomic E-state index is -2.86. The third kappa shape index (κ3) is 4.42. The van der Waals surface area contributed by atoms with Crippen molar-refractivity contribution in [1.29, 1.82) is 0 Å². The van der Waals surface area contributed by atoms with Crippen molar-refractivity contribution >= 4 is 11.9 Å². The molecule has 5 nitrogen and oxygen atoms in total. The second-order valence-electron chi connectivity index (χ2n) is 6.66. The van der Waals surface area contributed by atoms with Crippen molar-refractivity contribution in [2.24, 2.45) is 0 Å². The maximum absolute atomic E-state index is 12.8. The SMILES string of the molecule is CC1(CCc2ccc(OC(F)F)cc2)NC(=O)N(Cc2ccccc2)C1=O. The van der Waals surface area contributed by atoms with Crippen LogP contribution in [0.25, 0.3) is 0 Å². The number of amides is 3. The number of benzene rings is 2. The van der Waals surface area contributed by atoms with Crippen molar-refractivity contribution in [2.45, 2.75) is 38.5 Å². The number of nitrogens with one attached hydrogen (secondary N) is 1. The van der Waals surface area contributed by atoms with Crippen LogP contribution < -0.4 is 10.1 Å². The van der Waals surface area contributed by atoms with Crippen LogP contribution in [0.1, 0.15) is 24.5 Å². The predicted molar refractivity (Wildman–Crippen MR) is 95.3 cm³/mol. The van der Waals surface area contributed by atoms with Gasteiger partial charge in [-0.25, -0.2) is 4.79 Å². The van der Waals surface area contributed by atoms with Gasteiger partial charge in [-0.15, -0.1) is 0 Å². The van der Waals surface area contributed by atoms with E-state index in [1.807, 2.05) is 30.3 Å². The molecule has 1 aliphatic rings. The molecule has 0 radical (unpaired) electrons. The first-order valence-corrected chi connectivity index (χ1v) is 8.59. The van der Waals surface area contributed by atoms with Crippen molar-refractivity contribution in [1.82, 2.24) is 10.2 Å². The zero-order chi connectivity index (χ0) is 19.4. The standard InChI is InChI=1S/C20H20F2N2O3/c1-20(12-11-14-7-9-16(10-8-14)27-18(21)22)17(25)24(19(26)23-20)13-15-5-3-2-4-6-15/h2-10,18H,11-13H2,1H3,(H,23,26). The van der Waals surface area contributed by atoms with Crippen molar-refractivity contribution in [3.63, 3.8) is 0 Å². The van der Waals surface area contributed by atoms with Gasteiger partial charge in [0.25, 0.3) is 5.91 Å². The van der Waals surface area contributed by atoms with Gasteiger partial charge in [-0.05, 0) is 43.0 Å². The van der Waals surface area contributed by atoms with Crippen LogP contribution in [0.2, 0.25) is 0 Å². The molecule has 2 aromatic carbocycles. The second-order valence-corrected chi connectivity index (χ2v) is 6.66. The topological polar surface area (TPSA) is 58.6 Å². The summed E-state index contributed by atoms with van der Waals surface area (Å²) >= 11 is 0. The Balaban J connectivity index is 1.62. The Morgan fingerprint density at radius 3 is 2.33 bits per heavy atom. The van der Waals surface area contributed by atoms with Crippen LogP contribution in [0.3, 0.4) is 0 Å². The Morgan fingerprint density at radius 2 is 1.70 bits per heavy atom. The highest BCUT2D eigenvalue weighted by Gasteiger charge is 2.47. The number of urea groups is 1. The lowest BCUT2D eigenvalue weighted by molar-refractivity contribution is -0.131. The van der Waals surface area contributed by atoms with E-state index in [0.29, 0.717) is 12.8 Å². The molecule has 0 aliphatic carbocycles. The molecule has 142 valence electrons. The highest BCUT2D eigenvalue weighted by molar-refractivity contribution is 6.06. The van der Waals surface area contributed by atoms with Crippen LogP contribution in [0.15, 0.2) is 54.6 Å². The molecular formula is C20H20F2N2O3. The Kier molecular flexibility index (Phi) is 5.39. The molecule has 1 N–H and O–H groups in total. The van der Waals surface area contributed by atoms with E-state index in [2.05, 4.69) is 10.1 Å². The Bertz CT molecular complexity index is 812. The average Bonchev–Trinajstić information content (AvgIpc) is 2.85. The number of rotatable bonds is 7. The van der Waals surface area contributed by atoms with Crippen LogP contribution >= 0.6 is 0 Å². The molecule has 3 rings (SSSR count). The van der Waals surface area contributed by atoms with E-state index < -0.39 is 18.2 Å². The first-order valence-electron chi connectivity index (χ1n) is 8.59. The van der Waals surface area contributed by atoms with E-state index >= 15 is 0 Å². The third-order valence-corrected chi connectivity index (χ3v) is 4.59. The van der Waals surface area contributed by atoms with E-state index in [-0.39, 0.29) is 18.2 Å². The predicted octanol–water partition coefficient (Wildman–Crippen LogP) is 3.73. The van der Waals surface area contributed by atoms with Crippen molar-refractivity contribution in [3.05, 3.63) is 65.7 Å². The minimum absolute atomic E-state index is 0.0826. The summed E-state index contributed by atoms with van der Waals surface area (Å²) in [7, 11) is 0. The van der Waals surface area contributed by atoms with E-state index in [9.17, 15) is 18.4 Å². The molecular weight excluding hydrogens is 354 g/mol. The average molecular weight is 374 g/mol. The van der Waals surface area contributed by atoms with E-state index in [0.717, 1.165) is 11.1 Å². The summed E-state index contributed by atoms with van der Waals surface area (Å²) in [6, 6.07) is 15.2. The number of nitrogens with zero attached hydrogens (tertiary/aromatic N) is 1. The van der Waals surface area contributed by atoms with Gasteiger partial charge in [0.1, 0.15) is 11.3 Å². The fourth-order valence-corrected chi connectivity index (χ4v) is 3.06. The number of carbonyl (C=O) groups is 2. The molecule has 2 aromatic rings. The zero-order valence-corrected chi connectivity index (χ0v) is 14.8. The number of hydrogen-bond donors (Lipinski definition) is 1. The maximum atomic E-state index is 12.8. The summed E-state index contributed by atoms with van der Waals surface area (Å²) in [6.07, 6.45) is 0.911. The highest BCUT2D eigenvalue weighted by atomic mass is 19.3. The van der Waals surface area contributed by atoms with Gasteiger partial charge >= 0.3 is 12.6 Å². The largest absolute Gasteiger partial charge is 0.435 e. The maximum Gasteiger partial charge on any atom is 0.387 e. The van der Waals surface area contributed by atoms with Crippen LogP contribution in [0, 0.1) is 0 Å². The smallest absolute Gasteiger partial charge is 0.387 e. The summed E-state index contributed by atoms with van der Waals surface area (Å²) < 4.78 is 28.7. The molecule has 7 heteroatoms. The lowest BCUT2D eigenvalue weighted by Crippen LogP contribution is -2.44. The quantitative estimate of drug-likeness (QED) is 0.752. The van der Waals surface area contributed by atoms with Gasteiger partial charge in [0, 0.05) is 0 Å². The summed E-state index contributed by atoms with van der Waals surface area (Å²) in [6.45, 7) is -0.940. The Labute approximate surface area is 155 Å². The summed E-state index contributed by atoms with van der Waals surface area (Å²) in [4.78, 5) is 26.3. The third-order valence-electron chi connectivity index (χ3n) is 4.59. The van der Waals surface area contributed by atoms with Crippen molar-refractivity contribution in [3.8, 4) is 5.75 Å². The molecule has 1 fully saturated rings. The van der Waals surface area contributed by atoms with Crippen LogP contribution in [0.4, 0.5) is 13.6 Å². The van der Waals surface area contributed by atoms with Gasteiger partial charge in [-0.1, -0.05) is 42.5 Å². The van der Waals surface area contributed by atoms with Crippen LogP contribution in [0.5, 0.6) is 5.75 Å². The normalized spacial score (nSPS) is 19.5. The highest BCUT2D eigenvalue weighted by Crippen LogP contribution is 2.25. The van der Waals surface area contributed by atoms with Gasteiger partial charge in [0.15, 0.2) is 0 Å². The Morgan fingerprint density at radius 1 is 1.04 bits per heavy atom. The van der Waals surface area contributed by atoms with Gasteiger partial charge in [-0.3, -0.25) is 9.69 Å². The van der Waals surface area contributed by atoms with E-state index in [1.165, 1.54) is 17.0 Å². The molecule has 0 spiro atoms. The number of hydrogen-bond acceptors (Lipinski definition) is 3. The van der Waals surface area contributed by atoms with Gasteiger partial charge < -0.3 is 10.1 Å². The minimum Gasteiger partial charge on any atom is -0.435 e. The summed E-state index contributed by atoms with van der Waals surface area (Å²) in [5.41, 5.74) is 0.741. The molecule has 1 saturated heterocycles. The second kappa shape index (κ2) is 7.73. The van der Waals surface area contributed by atoms with E-state index in [1.54, 1.807) is 19.1 Å². The number of carbonyl (C=O) groups excluding carboxylic acids is 2. The van der Waals surface area contributed by atoms with Crippen molar-refractivity contribution < 1.29 is 23.1 Å². The zero-order valence-electron chi connectivity index (χ0n) is 14.8. The van der Waals surface area contributed by atoms with Gasteiger partial charge in [0.05, 0.1) is 6.54 Å². The first kappa shape index (κ1) is 18.8. The van der Waals surface area contributed by atoms with Crippen LogP contribution in [-0.4, -0.2) is 29.0 Å². The van der Waals surface area contributed by atoms with Crippen LogP contribution in [-0.2, 0) is 17.8 Å².